The molecule has 0 amide bonds. The molecule has 0 aliphatic carbocycles. The van der Waals surface area contributed by atoms with Crippen LogP contribution < -0.4 is 0 Å². The molecule has 0 aromatic heterocycles. The summed E-state index contributed by atoms with van der Waals surface area (Å²) in [5, 5.41) is 0. The van der Waals surface area contributed by atoms with Gasteiger partial charge in [0.05, 0.1) is 19.3 Å². The molecular weight excluding hydrogens is 590 g/mol. The van der Waals surface area contributed by atoms with Gasteiger partial charge in [-0.25, -0.2) is 0 Å². The van der Waals surface area contributed by atoms with E-state index in [1.165, 1.54) is 128 Å². The van der Waals surface area contributed by atoms with Gasteiger partial charge in [-0.2, -0.15) is 0 Å². The summed E-state index contributed by atoms with van der Waals surface area (Å²) in [5.41, 5.74) is 0. The molecule has 0 spiro atoms. The summed E-state index contributed by atoms with van der Waals surface area (Å²) in [7, 11) is 3.94. The molecule has 0 aromatic carbocycles. The fraction of sp³-hybridized carbons (Fsp3) is 0.818. The van der Waals surface area contributed by atoms with E-state index in [4.69, 9.17) is 14.2 Å². The van der Waals surface area contributed by atoms with E-state index in [-0.39, 0.29) is 6.10 Å². The topological polar surface area (TPSA) is 30.9 Å². The van der Waals surface area contributed by atoms with Crippen LogP contribution in [0.4, 0.5) is 0 Å². The van der Waals surface area contributed by atoms with Crippen molar-refractivity contribution in [3.05, 3.63) is 48.6 Å². The van der Waals surface area contributed by atoms with E-state index >= 15 is 0 Å². The molecule has 0 N–H and O–H groups in total. The highest BCUT2D eigenvalue weighted by atomic mass is 16.5. The highest BCUT2D eigenvalue weighted by Gasteiger charge is 2.11. The van der Waals surface area contributed by atoms with Crippen molar-refractivity contribution in [2.24, 2.45) is 0 Å². The lowest BCUT2D eigenvalue weighted by Gasteiger charge is -2.22. The van der Waals surface area contributed by atoms with E-state index in [2.05, 4.69) is 74.4 Å². The van der Waals surface area contributed by atoms with E-state index < -0.39 is 0 Å². The van der Waals surface area contributed by atoms with Crippen LogP contribution in [0.2, 0.25) is 0 Å². The van der Waals surface area contributed by atoms with Crippen molar-refractivity contribution < 1.29 is 14.2 Å². The third-order valence-electron chi connectivity index (χ3n) is 9.00. The Labute approximate surface area is 301 Å². The molecule has 0 aliphatic heterocycles. The van der Waals surface area contributed by atoms with Crippen molar-refractivity contribution in [3.63, 3.8) is 0 Å². The summed E-state index contributed by atoms with van der Waals surface area (Å²) in [5.74, 6) is 0. The first kappa shape index (κ1) is 46.8. The molecule has 0 rings (SSSR count). The number of ether oxygens (including phenoxy) is 3. The summed E-state index contributed by atoms with van der Waals surface area (Å²) in [4.78, 5) is 2.34. The van der Waals surface area contributed by atoms with Crippen LogP contribution in [-0.4, -0.2) is 64.7 Å². The Balaban J connectivity index is 3.88. The summed E-state index contributed by atoms with van der Waals surface area (Å²) in [6.45, 7) is 9.73. The second-order valence-electron chi connectivity index (χ2n) is 13.8. The number of methoxy groups -OCH3 is 1. The Bertz CT molecular complexity index is 716. The SMILES string of the molecule is CCCCCC=CCC=CCCCCCCCCOCC(CCN(C)CCOC)OCCCCCCCCC=CCC=CCCCCC. The second-order valence-corrected chi connectivity index (χ2v) is 13.8. The van der Waals surface area contributed by atoms with Gasteiger partial charge in [0.2, 0.25) is 0 Å². The molecule has 0 aromatic rings. The highest BCUT2D eigenvalue weighted by Crippen LogP contribution is 2.11. The quantitative estimate of drug-likeness (QED) is 0.0480. The van der Waals surface area contributed by atoms with Gasteiger partial charge in [-0.15, -0.1) is 0 Å². The zero-order valence-corrected chi connectivity index (χ0v) is 32.8. The van der Waals surface area contributed by atoms with Gasteiger partial charge in [-0.1, -0.05) is 140 Å². The zero-order chi connectivity index (χ0) is 34.9. The molecule has 0 saturated heterocycles. The predicted octanol–water partition coefficient (Wildman–Crippen LogP) is 13.0. The summed E-state index contributed by atoms with van der Waals surface area (Å²) < 4.78 is 17.7. The number of rotatable bonds is 39. The monoisotopic (exact) mass is 674 g/mol. The van der Waals surface area contributed by atoms with Crippen LogP contribution in [0.3, 0.4) is 0 Å². The largest absolute Gasteiger partial charge is 0.383 e. The molecule has 0 aliphatic rings. The van der Waals surface area contributed by atoms with E-state index in [1.807, 2.05) is 0 Å². The maximum absolute atomic E-state index is 6.34. The summed E-state index contributed by atoms with van der Waals surface area (Å²) in [6.07, 6.45) is 50.6. The lowest BCUT2D eigenvalue weighted by Crippen LogP contribution is -2.30. The minimum Gasteiger partial charge on any atom is -0.383 e. The fourth-order valence-electron chi connectivity index (χ4n) is 5.69. The first-order chi connectivity index (χ1) is 23.7. The van der Waals surface area contributed by atoms with E-state index in [9.17, 15) is 0 Å². The summed E-state index contributed by atoms with van der Waals surface area (Å²) in [6, 6.07) is 0. The Morgan fingerprint density at radius 2 is 0.917 bits per heavy atom. The molecule has 0 fully saturated rings. The smallest absolute Gasteiger partial charge is 0.0820 e. The molecule has 1 atom stereocenters. The van der Waals surface area contributed by atoms with Gasteiger partial charge in [0.15, 0.2) is 0 Å². The van der Waals surface area contributed by atoms with Crippen LogP contribution >= 0.6 is 0 Å². The van der Waals surface area contributed by atoms with Gasteiger partial charge in [0.1, 0.15) is 0 Å². The van der Waals surface area contributed by atoms with Gasteiger partial charge in [0, 0.05) is 33.4 Å². The van der Waals surface area contributed by atoms with Gasteiger partial charge >= 0.3 is 0 Å². The zero-order valence-electron chi connectivity index (χ0n) is 32.8. The Kier molecular flexibility index (Phi) is 40.9. The normalized spacial score (nSPS) is 13.1. The van der Waals surface area contributed by atoms with Crippen molar-refractivity contribution in [1.82, 2.24) is 4.90 Å². The minimum atomic E-state index is 0.192. The number of hydrogen-bond donors (Lipinski definition) is 0. The molecular formula is C44H83NO3. The van der Waals surface area contributed by atoms with E-state index in [0.29, 0.717) is 0 Å². The van der Waals surface area contributed by atoms with Crippen molar-refractivity contribution in [2.75, 3.05) is 53.7 Å². The fourth-order valence-corrected chi connectivity index (χ4v) is 5.69. The van der Waals surface area contributed by atoms with E-state index in [1.54, 1.807) is 7.11 Å². The highest BCUT2D eigenvalue weighted by molar-refractivity contribution is 4.93. The van der Waals surface area contributed by atoms with Crippen LogP contribution in [0.15, 0.2) is 48.6 Å². The minimum absolute atomic E-state index is 0.192. The maximum atomic E-state index is 6.34. The molecule has 0 saturated carbocycles. The first-order valence-electron chi connectivity index (χ1n) is 20.7. The molecule has 1 unspecified atom stereocenters. The second kappa shape index (κ2) is 42.0. The Morgan fingerprint density at radius 1 is 0.479 bits per heavy atom. The standard InChI is InChI=1S/C44H83NO3/c1-5-7-9-11-13-15-17-19-21-23-25-27-29-31-33-35-40-47-43-44(37-38-45(3)39-42-46-4)48-41-36-34-32-30-28-26-24-22-20-18-16-14-12-10-8-6-2/h13-16,19-22,44H,5-12,17-18,23-43H2,1-4H3. The Hall–Kier alpha value is -1.20. The van der Waals surface area contributed by atoms with Crippen LogP contribution in [0.5, 0.6) is 0 Å². The average molecular weight is 674 g/mol. The van der Waals surface area contributed by atoms with Crippen molar-refractivity contribution >= 4 is 0 Å². The third kappa shape index (κ3) is 39.2. The average Bonchev–Trinajstić information content (AvgIpc) is 3.10. The molecule has 48 heavy (non-hydrogen) atoms. The number of hydrogen-bond acceptors (Lipinski definition) is 4. The number of unbranched alkanes of at least 4 members (excludes halogenated alkanes) is 18. The van der Waals surface area contributed by atoms with Gasteiger partial charge < -0.3 is 19.1 Å². The van der Waals surface area contributed by atoms with Crippen molar-refractivity contribution in [1.29, 1.82) is 0 Å². The van der Waals surface area contributed by atoms with Crippen LogP contribution in [0.1, 0.15) is 174 Å². The number of allylic oxidation sites excluding steroid dienone is 8. The van der Waals surface area contributed by atoms with Crippen molar-refractivity contribution in [2.45, 2.75) is 180 Å². The van der Waals surface area contributed by atoms with Gasteiger partial charge in [0.25, 0.3) is 0 Å². The molecule has 4 heteroatoms. The number of nitrogens with zero attached hydrogens (tertiary/aromatic N) is 1. The first-order valence-corrected chi connectivity index (χ1v) is 20.7. The lowest BCUT2D eigenvalue weighted by molar-refractivity contribution is -0.0259. The summed E-state index contributed by atoms with van der Waals surface area (Å²) >= 11 is 0. The number of likely N-dealkylation sites (N-methyl/N-ethyl adjacent to an activating group) is 1. The molecule has 0 heterocycles. The van der Waals surface area contributed by atoms with Crippen molar-refractivity contribution in [3.8, 4) is 0 Å². The Morgan fingerprint density at radius 3 is 1.40 bits per heavy atom. The maximum Gasteiger partial charge on any atom is 0.0820 e. The molecule has 4 nitrogen and oxygen atoms in total. The van der Waals surface area contributed by atoms with Crippen LogP contribution in [0.25, 0.3) is 0 Å². The molecule has 0 bridgehead atoms. The van der Waals surface area contributed by atoms with E-state index in [0.717, 1.165) is 71.6 Å². The lowest BCUT2D eigenvalue weighted by atomic mass is 10.1. The molecule has 282 valence electrons. The van der Waals surface area contributed by atoms with Gasteiger partial charge in [-0.05, 0) is 90.5 Å². The predicted molar refractivity (Wildman–Crippen MR) is 213 cm³/mol. The third-order valence-corrected chi connectivity index (χ3v) is 9.00. The van der Waals surface area contributed by atoms with Crippen LogP contribution in [-0.2, 0) is 14.2 Å². The molecule has 0 radical (unpaired) electrons. The van der Waals surface area contributed by atoms with Gasteiger partial charge in [-0.3, -0.25) is 0 Å². The van der Waals surface area contributed by atoms with Crippen LogP contribution in [0, 0.1) is 0 Å².